The van der Waals surface area contributed by atoms with Crippen molar-refractivity contribution in [3.63, 3.8) is 0 Å². The Balaban J connectivity index is 1.26. The normalized spacial score (nSPS) is 47.9. The molecule has 0 aromatic rings. The highest BCUT2D eigenvalue weighted by Crippen LogP contribution is 2.67. The van der Waals surface area contributed by atoms with E-state index in [0.717, 1.165) is 43.4 Å². The van der Waals surface area contributed by atoms with Crippen LogP contribution in [0.1, 0.15) is 99.3 Å². The Labute approximate surface area is 248 Å². The summed E-state index contributed by atoms with van der Waals surface area (Å²) in [5.41, 5.74) is 2.11. The molecule has 0 bridgehead atoms. The van der Waals surface area contributed by atoms with E-state index in [-0.39, 0.29) is 11.5 Å². The third kappa shape index (κ3) is 5.64. The lowest BCUT2D eigenvalue weighted by molar-refractivity contribution is -0.313. The van der Waals surface area contributed by atoms with Crippen molar-refractivity contribution in [2.24, 2.45) is 52.3 Å². The molecule has 6 nitrogen and oxygen atoms in total. The Morgan fingerprint density at radius 2 is 1.73 bits per heavy atom. The van der Waals surface area contributed by atoms with Crippen LogP contribution in [0.2, 0.25) is 0 Å². The molecular formula is C35H58O6. The fraction of sp³-hybridized carbons (Fsp3) is 0.886. The van der Waals surface area contributed by atoms with Crippen LogP contribution in [0.5, 0.6) is 0 Å². The van der Waals surface area contributed by atoms with E-state index in [1.54, 1.807) is 0 Å². The molecule has 14 atom stereocenters. The average molecular weight is 575 g/mol. The Morgan fingerprint density at radius 3 is 2.41 bits per heavy atom. The van der Waals surface area contributed by atoms with E-state index in [4.69, 9.17) is 9.47 Å². The van der Waals surface area contributed by atoms with Gasteiger partial charge in [0.15, 0.2) is 6.29 Å². The van der Waals surface area contributed by atoms with E-state index in [1.807, 2.05) is 0 Å². The van der Waals surface area contributed by atoms with Gasteiger partial charge in [-0.25, -0.2) is 0 Å². The predicted molar refractivity (Wildman–Crippen MR) is 161 cm³/mol. The molecule has 1 saturated heterocycles. The van der Waals surface area contributed by atoms with Gasteiger partial charge in [0.1, 0.15) is 24.4 Å². The Kier molecular flexibility index (Phi) is 9.51. The standard InChI is InChI=1S/C35H58O6/c1-7-22(20(2)3)9-8-21(4)26-12-13-27-25-11-10-23-18-24(14-16-34(23,5)28(25)15-17-35(26,27)6)40-33-32(39)31(38)30(37)29(19-36)41-33/h8-10,20-22,24-33,36-39H,7,11-19H2,1-6H3/b9-8+/t21-,22+,24-,25+,26+,27+,28+,29+,30+,31-,32+,33+,34-,35+/m0/s1. The molecule has 0 radical (unpaired) electrons. The Morgan fingerprint density at radius 1 is 0.976 bits per heavy atom. The van der Waals surface area contributed by atoms with E-state index in [9.17, 15) is 20.4 Å². The van der Waals surface area contributed by atoms with Gasteiger partial charge in [0, 0.05) is 0 Å². The van der Waals surface area contributed by atoms with Crippen LogP contribution < -0.4 is 0 Å². The number of rotatable bonds is 8. The minimum atomic E-state index is -1.40. The summed E-state index contributed by atoms with van der Waals surface area (Å²) in [5.74, 6) is 5.05. The molecule has 1 aliphatic heterocycles. The quantitative estimate of drug-likeness (QED) is 0.281. The maximum Gasteiger partial charge on any atom is 0.186 e. The first kappa shape index (κ1) is 31.7. The van der Waals surface area contributed by atoms with Crippen molar-refractivity contribution < 1.29 is 29.9 Å². The van der Waals surface area contributed by atoms with E-state index >= 15 is 0 Å². The monoisotopic (exact) mass is 574 g/mol. The molecule has 4 N–H and O–H groups in total. The first-order valence-electron chi connectivity index (χ1n) is 16.8. The number of hydrogen-bond acceptors (Lipinski definition) is 6. The zero-order valence-electron chi connectivity index (χ0n) is 26.4. The van der Waals surface area contributed by atoms with Crippen LogP contribution in [0.4, 0.5) is 0 Å². The van der Waals surface area contributed by atoms with Gasteiger partial charge in [-0.15, -0.1) is 0 Å². The summed E-state index contributed by atoms with van der Waals surface area (Å²) < 4.78 is 11.9. The molecule has 6 heteroatoms. The SMILES string of the molecule is CC[C@H](/C=C/[C@H](C)[C@H]1CC[C@@H]2[C@H]3CC=C4C[C@@H](O[C@@H]5O[C@H](CO)[C@@H](O)[C@H](O)[C@H]5O)CC[C@]4(C)[C@@H]3CC[C@@]21C)C(C)C. The lowest BCUT2D eigenvalue weighted by Gasteiger charge is -2.58. The third-order valence-electron chi connectivity index (χ3n) is 12.9. The molecule has 0 aromatic carbocycles. The zero-order valence-corrected chi connectivity index (χ0v) is 26.4. The molecule has 0 aromatic heterocycles. The minimum Gasteiger partial charge on any atom is -0.394 e. The number of aliphatic hydroxyl groups excluding tert-OH is 4. The highest BCUT2D eigenvalue weighted by atomic mass is 16.7. The van der Waals surface area contributed by atoms with E-state index < -0.39 is 37.3 Å². The second-order valence-electron chi connectivity index (χ2n) is 15.2. The van der Waals surface area contributed by atoms with Gasteiger partial charge in [-0.2, -0.15) is 0 Å². The lowest BCUT2D eigenvalue weighted by atomic mass is 9.47. The maximum atomic E-state index is 10.5. The molecule has 0 amide bonds. The largest absolute Gasteiger partial charge is 0.394 e. The summed E-state index contributed by atoms with van der Waals surface area (Å²) in [6.45, 7) is 14.2. The fourth-order valence-electron chi connectivity index (χ4n) is 10.3. The highest BCUT2D eigenvalue weighted by molar-refractivity contribution is 5.25. The van der Waals surface area contributed by atoms with Gasteiger partial charge in [-0.3, -0.25) is 0 Å². The minimum absolute atomic E-state index is 0.109. The summed E-state index contributed by atoms with van der Waals surface area (Å²) in [7, 11) is 0. The number of aliphatic hydroxyl groups is 4. The summed E-state index contributed by atoms with van der Waals surface area (Å²) in [5, 5.41) is 40.4. The molecule has 41 heavy (non-hydrogen) atoms. The van der Waals surface area contributed by atoms with Gasteiger partial charge in [0.25, 0.3) is 0 Å². The molecule has 0 unspecified atom stereocenters. The summed E-state index contributed by atoms with van der Waals surface area (Å²) in [4.78, 5) is 0. The smallest absolute Gasteiger partial charge is 0.186 e. The number of fused-ring (bicyclic) bond motifs is 5. The van der Waals surface area contributed by atoms with Crippen LogP contribution >= 0.6 is 0 Å². The summed E-state index contributed by atoms with van der Waals surface area (Å²) in [6.07, 6.45) is 11.9. The van der Waals surface area contributed by atoms with Crippen molar-refractivity contribution in [2.45, 2.75) is 136 Å². The third-order valence-corrected chi connectivity index (χ3v) is 12.9. The van der Waals surface area contributed by atoms with Crippen molar-refractivity contribution in [2.75, 3.05) is 6.61 Å². The Bertz CT molecular complexity index is 960. The van der Waals surface area contributed by atoms with Gasteiger partial charge in [0.05, 0.1) is 12.7 Å². The average Bonchev–Trinajstić information content (AvgIpc) is 3.30. The molecule has 234 valence electrons. The second-order valence-corrected chi connectivity index (χ2v) is 15.2. The molecule has 3 saturated carbocycles. The molecule has 5 aliphatic rings. The summed E-state index contributed by atoms with van der Waals surface area (Å²) >= 11 is 0. The fourth-order valence-corrected chi connectivity index (χ4v) is 10.3. The summed E-state index contributed by atoms with van der Waals surface area (Å²) in [6, 6.07) is 0. The molecule has 5 rings (SSSR count). The predicted octanol–water partition coefficient (Wildman–Crippen LogP) is 5.63. The number of hydrogen-bond donors (Lipinski definition) is 4. The Hall–Kier alpha value is -0.760. The van der Waals surface area contributed by atoms with Gasteiger partial charge in [0.2, 0.25) is 0 Å². The first-order valence-corrected chi connectivity index (χ1v) is 16.8. The number of ether oxygens (including phenoxy) is 2. The van der Waals surface area contributed by atoms with Crippen molar-refractivity contribution in [3.8, 4) is 0 Å². The topological polar surface area (TPSA) is 99.4 Å². The molecule has 4 fully saturated rings. The van der Waals surface area contributed by atoms with Crippen LogP contribution in [-0.4, -0.2) is 63.8 Å². The molecular weight excluding hydrogens is 516 g/mol. The van der Waals surface area contributed by atoms with Gasteiger partial charge in [-0.1, -0.05) is 65.3 Å². The highest BCUT2D eigenvalue weighted by Gasteiger charge is 2.59. The van der Waals surface area contributed by atoms with E-state index in [2.05, 4.69) is 59.8 Å². The van der Waals surface area contributed by atoms with Gasteiger partial charge < -0.3 is 29.9 Å². The van der Waals surface area contributed by atoms with Gasteiger partial charge in [-0.05, 0) is 110 Å². The molecule has 0 spiro atoms. The van der Waals surface area contributed by atoms with E-state index in [0.29, 0.717) is 29.1 Å². The first-order chi connectivity index (χ1) is 19.4. The van der Waals surface area contributed by atoms with Crippen molar-refractivity contribution in [1.82, 2.24) is 0 Å². The van der Waals surface area contributed by atoms with Crippen LogP contribution in [-0.2, 0) is 9.47 Å². The molecule has 4 aliphatic carbocycles. The van der Waals surface area contributed by atoms with Crippen LogP contribution in [0.25, 0.3) is 0 Å². The van der Waals surface area contributed by atoms with Crippen LogP contribution in [0.3, 0.4) is 0 Å². The van der Waals surface area contributed by atoms with Gasteiger partial charge >= 0.3 is 0 Å². The second kappa shape index (κ2) is 12.3. The van der Waals surface area contributed by atoms with Crippen LogP contribution in [0.15, 0.2) is 23.8 Å². The lowest BCUT2D eigenvalue weighted by Crippen LogP contribution is -2.60. The van der Waals surface area contributed by atoms with Crippen molar-refractivity contribution in [1.29, 1.82) is 0 Å². The van der Waals surface area contributed by atoms with Crippen molar-refractivity contribution >= 4 is 0 Å². The zero-order chi connectivity index (χ0) is 29.7. The molecule has 1 heterocycles. The van der Waals surface area contributed by atoms with E-state index in [1.165, 1.54) is 37.7 Å². The van der Waals surface area contributed by atoms with Crippen LogP contribution in [0, 0.1) is 52.3 Å². The maximum absolute atomic E-state index is 10.5. The van der Waals surface area contributed by atoms with Crippen molar-refractivity contribution in [3.05, 3.63) is 23.8 Å². The number of allylic oxidation sites excluding steroid dienone is 3.